The van der Waals surface area contributed by atoms with Crippen molar-refractivity contribution in [2.75, 3.05) is 37.8 Å². The van der Waals surface area contributed by atoms with E-state index in [0.717, 1.165) is 6.42 Å². The summed E-state index contributed by atoms with van der Waals surface area (Å²) < 4.78 is 0. The number of carbonyl (C=O) groups is 2. The highest BCUT2D eigenvalue weighted by Crippen LogP contribution is 2.18. The number of hydrogen-bond acceptors (Lipinski definition) is 5. The molecule has 1 aromatic rings. The molecule has 7 heteroatoms. The maximum atomic E-state index is 11.8. The van der Waals surface area contributed by atoms with E-state index in [0.29, 0.717) is 12.4 Å². The number of carboxylic acids is 1. The van der Waals surface area contributed by atoms with Crippen molar-refractivity contribution < 1.29 is 14.7 Å². The first kappa shape index (κ1) is 15.7. The number of likely N-dealkylation sites (N-methyl/N-ethyl adjacent to an activating group) is 1. The molecule has 0 radical (unpaired) electrons. The molecule has 1 aromatic heterocycles. The summed E-state index contributed by atoms with van der Waals surface area (Å²) in [4.78, 5) is 30.2. The third-order valence-corrected chi connectivity index (χ3v) is 2.79. The highest BCUT2D eigenvalue weighted by molar-refractivity contribution is 5.94. The van der Waals surface area contributed by atoms with E-state index in [4.69, 9.17) is 10.8 Å². The van der Waals surface area contributed by atoms with Crippen molar-refractivity contribution in [3.63, 3.8) is 0 Å². The van der Waals surface area contributed by atoms with Crippen molar-refractivity contribution in [3.8, 4) is 0 Å². The van der Waals surface area contributed by atoms with Gasteiger partial charge in [-0.3, -0.25) is 4.79 Å². The minimum Gasteiger partial charge on any atom is -0.478 e. The van der Waals surface area contributed by atoms with Crippen LogP contribution in [0.15, 0.2) is 12.3 Å². The van der Waals surface area contributed by atoms with Gasteiger partial charge in [0.05, 0.1) is 24.0 Å². The van der Waals surface area contributed by atoms with Crippen molar-refractivity contribution >= 4 is 23.4 Å². The van der Waals surface area contributed by atoms with E-state index in [2.05, 4.69) is 4.98 Å². The number of nitrogens with two attached hydrogens (primary N) is 1. The normalized spacial score (nSPS) is 10.2. The van der Waals surface area contributed by atoms with Gasteiger partial charge in [-0.25, -0.2) is 9.78 Å². The van der Waals surface area contributed by atoms with Crippen molar-refractivity contribution in [3.05, 3.63) is 17.8 Å². The number of rotatable bonds is 6. The summed E-state index contributed by atoms with van der Waals surface area (Å²) in [6, 6.07) is 1.40. The molecule has 1 amide bonds. The molecule has 0 spiro atoms. The van der Waals surface area contributed by atoms with Crippen LogP contribution in [0.3, 0.4) is 0 Å². The van der Waals surface area contributed by atoms with Crippen LogP contribution in [0.4, 0.5) is 11.5 Å². The average molecular weight is 280 g/mol. The van der Waals surface area contributed by atoms with E-state index in [9.17, 15) is 9.59 Å². The summed E-state index contributed by atoms with van der Waals surface area (Å²) in [6.45, 7) is 2.73. The van der Waals surface area contributed by atoms with E-state index in [1.807, 2.05) is 6.92 Å². The Morgan fingerprint density at radius 3 is 2.55 bits per heavy atom. The number of nitrogen functional groups attached to an aromatic ring is 1. The number of aromatic nitrogens is 1. The molecule has 0 aliphatic rings. The molecule has 0 atom stereocenters. The second-order valence-corrected chi connectivity index (χ2v) is 4.64. The summed E-state index contributed by atoms with van der Waals surface area (Å²) in [6.07, 6.45) is 2.12. The van der Waals surface area contributed by atoms with Gasteiger partial charge in [0.2, 0.25) is 5.91 Å². The Labute approximate surface area is 118 Å². The Balaban J connectivity index is 3.05. The fraction of sp³-hybridized carbons (Fsp3) is 0.462. The largest absolute Gasteiger partial charge is 0.478 e. The van der Waals surface area contributed by atoms with Gasteiger partial charge in [0.25, 0.3) is 0 Å². The monoisotopic (exact) mass is 280 g/mol. The van der Waals surface area contributed by atoms with Crippen molar-refractivity contribution in [2.24, 2.45) is 0 Å². The smallest absolute Gasteiger partial charge is 0.337 e. The lowest BCUT2D eigenvalue weighted by Crippen LogP contribution is -2.37. The third kappa shape index (κ3) is 3.84. The first-order valence-electron chi connectivity index (χ1n) is 6.30. The van der Waals surface area contributed by atoms with Crippen LogP contribution < -0.4 is 10.6 Å². The van der Waals surface area contributed by atoms with Gasteiger partial charge < -0.3 is 20.6 Å². The molecular weight excluding hydrogens is 260 g/mol. The van der Waals surface area contributed by atoms with Gasteiger partial charge in [-0.1, -0.05) is 6.92 Å². The molecule has 0 aliphatic heterocycles. The van der Waals surface area contributed by atoms with Crippen LogP contribution in [0.25, 0.3) is 0 Å². The summed E-state index contributed by atoms with van der Waals surface area (Å²) >= 11 is 0. The molecule has 0 aromatic carbocycles. The summed E-state index contributed by atoms with van der Waals surface area (Å²) in [5, 5.41) is 9.07. The minimum absolute atomic E-state index is 0.00611. The molecule has 7 nitrogen and oxygen atoms in total. The lowest BCUT2D eigenvalue weighted by atomic mass is 10.2. The molecule has 0 saturated heterocycles. The van der Waals surface area contributed by atoms with Crippen LogP contribution in [-0.2, 0) is 4.79 Å². The first-order chi connectivity index (χ1) is 9.36. The lowest BCUT2D eigenvalue weighted by molar-refractivity contribution is -0.127. The molecule has 0 aliphatic carbocycles. The highest BCUT2D eigenvalue weighted by Gasteiger charge is 2.16. The van der Waals surface area contributed by atoms with Crippen LogP contribution in [0, 0.1) is 0 Å². The highest BCUT2D eigenvalue weighted by atomic mass is 16.4. The molecule has 0 saturated carbocycles. The Morgan fingerprint density at radius 1 is 1.40 bits per heavy atom. The van der Waals surface area contributed by atoms with Gasteiger partial charge in [-0.05, 0) is 12.5 Å². The van der Waals surface area contributed by atoms with Crippen molar-refractivity contribution in [1.29, 1.82) is 0 Å². The van der Waals surface area contributed by atoms with Crippen LogP contribution in [0.5, 0.6) is 0 Å². The standard InChI is InChI=1S/C13H20N4O3/c1-4-5-17(8-12(18)16(2)3)11-6-9(13(19)20)10(14)7-15-11/h6-7H,4-5,8,14H2,1-3H3,(H,19,20). The van der Waals surface area contributed by atoms with Crippen molar-refractivity contribution in [1.82, 2.24) is 9.88 Å². The van der Waals surface area contributed by atoms with E-state index in [1.54, 1.807) is 19.0 Å². The van der Waals surface area contributed by atoms with E-state index in [1.165, 1.54) is 17.2 Å². The van der Waals surface area contributed by atoms with Gasteiger partial charge in [-0.15, -0.1) is 0 Å². The Morgan fingerprint density at radius 2 is 2.05 bits per heavy atom. The average Bonchev–Trinajstić information content (AvgIpc) is 2.38. The van der Waals surface area contributed by atoms with Crippen molar-refractivity contribution in [2.45, 2.75) is 13.3 Å². The Kier molecular flexibility index (Phi) is 5.31. The number of pyridine rings is 1. The number of carboxylic acid groups (broad SMARTS) is 1. The van der Waals surface area contributed by atoms with E-state index < -0.39 is 5.97 Å². The fourth-order valence-corrected chi connectivity index (χ4v) is 1.66. The second-order valence-electron chi connectivity index (χ2n) is 4.64. The molecule has 0 fully saturated rings. The molecule has 20 heavy (non-hydrogen) atoms. The zero-order valence-electron chi connectivity index (χ0n) is 12.0. The topological polar surface area (TPSA) is 99.8 Å². The predicted octanol–water partition coefficient (Wildman–Crippen LogP) is 0.667. The Hall–Kier alpha value is -2.31. The van der Waals surface area contributed by atoms with Crippen LogP contribution in [-0.4, -0.2) is 54.1 Å². The number of aromatic carboxylic acids is 1. The lowest BCUT2D eigenvalue weighted by Gasteiger charge is -2.24. The summed E-state index contributed by atoms with van der Waals surface area (Å²) in [5.74, 6) is -0.746. The number of hydrogen-bond donors (Lipinski definition) is 2. The maximum Gasteiger partial charge on any atom is 0.337 e. The predicted molar refractivity (Wildman–Crippen MR) is 76.8 cm³/mol. The van der Waals surface area contributed by atoms with Crippen LogP contribution >= 0.6 is 0 Å². The SMILES string of the molecule is CCCN(CC(=O)N(C)C)c1cc(C(=O)O)c(N)cn1. The number of amides is 1. The van der Waals surface area contributed by atoms with Gasteiger partial charge in [0, 0.05) is 20.6 Å². The quantitative estimate of drug-likeness (QED) is 0.794. The third-order valence-electron chi connectivity index (χ3n) is 2.79. The van der Waals surface area contributed by atoms with Gasteiger partial charge >= 0.3 is 5.97 Å². The molecule has 0 bridgehead atoms. The summed E-state index contributed by atoms with van der Waals surface area (Å²) in [5.41, 5.74) is 5.68. The molecular formula is C13H20N4O3. The van der Waals surface area contributed by atoms with Crippen LogP contribution in [0.1, 0.15) is 23.7 Å². The fourth-order valence-electron chi connectivity index (χ4n) is 1.66. The van der Waals surface area contributed by atoms with Gasteiger partial charge in [0.1, 0.15) is 5.82 Å². The summed E-state index contributed by atoms with van der Waals surface area (Å²) in [7, 11) is 3.34. The van der Waals surface area contributed by atoms with E-state index >= 15 is 0 Å². The van der Waals surface area contributed by atoms with Gasteiger partial charge in [-0.2, -0.15) is 0 Å². The number of nitrogens with zero attached hydrogens (tertiary/aromatic N) is 3. The first-order valence-corrected chi connectivity index (χ1v) is 6.30. The van der Waals surface area contributed by atoms with Gasteiger partial charge in [0.15, 0.2) is 0 Å². The molecule has 1 heterocycles. The number of carbonyl (C=O) groups excluding carboxylic acids is 1. The maximum absolute atomic E-state index is 11.8. The molecule has 0 unspecified atom stereocenters. The van der Waals surface area contributed by atoms with Crippen LogP contribution in [0.2, 0.25) is 0 Å². The molecule has 3 N–H and O–H groups in total. The second kappa shape index (κ2) is 6.74. The molecule has 1 rings (SSSR count). The zero-order chi connectivity index (χ0) is 15.3. The minimum atomic E-state index is -1.11. The number of anilines is 2. The molecule has 110 valence electrons. The Bertz CT molecular complexity index is 502. The van der Waals surface area contributed by atoms with E-state index in [-0.39, 0.29) is 23.7 Å². The zero-order valence-corrected chi connectivity index (χ0v) is 12.0.